The van der Waals surface area contributed by atoms with Gasteiger partial charge in [-0.15, -0.1) is 0 Å². The van der Waals surface area contributed by atoms with Gasteiger partial charge in [0.1, 0.15) is 5.82 Å². The Morgan fingerprint density at radius 1 is 1.00 bits per heavy atom. The molecule has 1 saturated heterocycles. The van der Waals surface area contributed by atoms with Crippen LogP contribution in [0, 0.1) is 0 Å². The van der Waals surface area contributed by atoms with E-state index in [-0.39, 0.29) is 11.8 Å². The van der Waals surface area contributed by atoms with Gasteiger partial charge < -0.3 is 24.6 Å². The fraction of sp³-hybridized carbons (Fsp3) is 0.350. The van der Waals surface area contributed by atoms with E-state index in [0.717, 1.165) is 5.82 Å². The lowest BCUT2D eigenvalue weighted by Gasteiger charge is -2.35. The van der Waals surface area contributed by atoms with Gasteiger partial charge in [-0.1, -0.05) is 0 Å². The van der Waals surface area contributed by atoms with Crippen molar-refractivity contribution in [2.45, 2.75) is 6.92 Å². The number of hydrogen-bond donors (Lipinski definition) is 1. The van der Waals surface area contributed by atoms with E-state index in [0.29, 0.717) is 48.9 Å². The number of benzene rings is 1. The van der Waals surface area contributed by atoms with Crippen molar-refractivity contribution in [2.75, 3.05) is 50.6 Å². The smallest absolute Gasteiger partial charge is 0.255 e. The Bertz CT molecular complexity index is 863. The SMILES string of the molecule is COc1ccc(NC(=O)c2ccnc(N3CCN(C(C)=O)CC3)c2)cc1OC. The maximum atomic E-state index is 12.7. The lowest BCUT2D eigenvalue weighted by molar-refractivity contribution is -0.129. The highest BCUT2D eigenvalue weighted by atomic mass is 16.5. The van der Waals surface area contributed by atoms with Crippen LogP contribution in [0.5, 0.6) is 11.5 Å². The number of methoxy groups -OCH3 is 2. The molecule has 0 spiro atoms. The molecule has 0 saturated carbocycles. The molecule has 2 amide bonds. The third-order valence-corrected chi connectivity index (χ3v) is 4.70. The number of aromatic nitrogens is 1. The Kier molecular flexibility index (Phi) is 5.98. The van der Waals surface area contributed by atoms with Crippen molar-refractivity contribution >= 4 is 23.3 Å². The number of carbonyl (C=O) groups is 2. The summed E-state index contributed by atoms with van der Waals surface area (Å²) in [5.74, 6) is 1.70. The van der Waals surface area contributed by atoms with Gasteiger partial charge in [0, 0.05) is 56.6 Å². The minimum Gasteiger partial charge on any atom is -0.493 e. The number of amides is 2. The van der Waals surface area contributed by atoms with E-state index in [4.69, 9.17) is 9.47 Å². The Hall–Kier alpha value is -3.29. The van der Waals surface area contributed by atoms with Gasteiger partial charge in [0.2, 0.25) is 5.91 Å². The van der Waals surface area contributed by atoms with E-state index in [9.17, 15) is 9.59 Å². The number of anilines is 2. The zero-order chi connectivity index (χ0) is 20.1. The zero-order valence-electron chi connectivity index (χ0n) is 16.3. The van der Waals surface area contributed by atoms with Gasteiger partial charge in [-0.3, -0.25) is 9.59 Å². The van der Waals surface area contributed by atoms with Crippen molar-refractivity contribution in [1.29, 1.82) is 0 Å². The minimum atomic E-state index is -0.238. The van der Waals surface area contributed by atoms with Crippen LogP contribution in [0.2, 0.25) is 0 Å². The number of nitrogens with one attached hydrogen (secondary N) is 1. The Morgan fingerprint density at radius 2 is 1.71 bits per heavy atom. The quantitative estimate of drug-likeness (QED) is 0.849. The average molecular weight is 384 g/mol. The fourth-order valence-electron chi connectivity index (χ4n) is 3.10. The normalized spacial score (nSPS) is 13.8. The Morgan fingerprint density at radius 3 is 2.36 bits per heavy atom. The molecule has 3 rings (SSSR count). The summed E-state index contributed by atoms with van der Waals surface area (Å²) in [6.07, 6.45) is 1.62. The van der Waals surface area contributed by atoms with Crippen LogP contribution < -0.4 is 19.7 Å². The molecule has 148 valence electrons. The summed E-state index contributed by atoms with van der Waals surface area (Å²) in [6.45, 7) is 4.26. The van der Waals surface area contributed by atoms with E-state index in [2.05, 4.69) is 15.2 Å². The summed E-state index contributed by atoms with van der Waals surface area (Å²) in [4.78, 5) is 32.4. The van der Waals surface area contributed by atoms with Crippen molar-refractivity contribution < 1.29 is 19.1 Å². The largest absolute Gasteiger partial charge is 0.493 e. The molecule has 2 heterocycles. The highest BCUT2D eigenvalue weighted by Gasteiger charge is 2.20. The van der Waals surface area contributed by atoms with Gasteiger partial charge in [-0.05, 0) is 24.3 Å². The predicted molar refractivity (Wildman–Crippen MR) is 106 cm³/mol. The molecule has 1 aliphatic heterocycles. The second-order valence-electron chi connectivity index (χ2n) is 6.42. The third-order valence-electron chi connectivity index (χ3n) is 4.70. The molecule has 0 aliphatic carbocycles. The van der Waals surface area contributed by atoms with Gasteiger partial charge in [0.15, 0.2) is 11.5 Å². The summed E-state index contributed by atoms with van der Waals surface area (Å²) in [6, 6.07) is 8.63. The van der Waals surface area contributed by atoms with Crippen LogP contribution in [0.25, 0.3) is 0 Å². The first-order valence-corrected chi connectivity index (χ1v) is 9.01. The molecular weight excluding hydrogens is 360 g/mol. The summed E-state index contributed by atoms with van der Waals surface area (Å²) in [7, 11) is 3.11. The second kappa shape index (κ2) is 8.60. The van der Waals surface area contributed by atoms with Gasteiger partial charge in [0.05, 0.1) is 14.2 Å². The Labute approximate surface area is 164 Å². The highest BCUT2D eigenvalue weighted by molar-refractivity contribution is 6.04. The number of pyridine rings is 1. The molecule has 1 N–H and O–H groups in total. The number of nitrogens with zero attached hydrogens (tertiary/aromatic N) is 3. The van der Waals surface area contributed by atoms with Crippen molar-refractivity contribution in [3.63, 3.8) is 0 Å². The Balaban J connectivity index is 1.70. The fourth-order valence-corrected chi connectivity index (χ4v) is 3.10. The molecule has 0 atom stereocenters. The standard InChI is InChI=1S/C20H24N4O4/c1-14(25)23-8-10-24(11-9-23)19-12-15(6-7-21-19)20(26)22-16-4-5-17(27-2)18(13-16)28-3/h4-7,12-13H,8-11H2,1-3H3,(H,22,26). The lowest BCUT2D eigenvalue weighted by Crippen LogP contribution is -2.48. The van der Waals surface area contributed by atoms with Gasteiger partial charge >= 0.3 is 0 Å². The van der Waals surface area contributed by atoms with Crippen molar-refractivity contribution in [1.82, 2.24) is 9.88 Å². The average Bonchev–Trinajstić information content (AvgIpc) is 2.73. The number of hydrogen-bond acceptors (Lipinski definition) is 6. The minimum absolute atomic E-state index is 0.0793. The molecular formula is C20H24N4O4. The number of ether oxygens (including phenoxy) is 2. The summed E-state index contributed by atoms with van der Waals surface area (Å²) in [5, 5.41) is 2.86. The molecule has 1 aromatic heterocycles. The molecule has 1 fully saturated rings. The number of carbonyl (C=O) groups excluding carboxylic acids is 2. The van der Waals surface area contributed by atoms with Crippen LogP contribution in [0.3, 0.4) is 0 Å². The first-order chi connectivity index (χ1) is 13.5. The molecule has 28 heavy (non-hydrogen) atoms. The lowest BCUT2D eigenvalue weighted by atomic mass is 10.2. The van der Waals surface area contributed by atoms with Gasteiger partial charge in [-0.2, -0.15) is 0 Å². The van der Waals surface area contributed by atoms with E-state index < -0.39 is 0 Å². The maximum absolute atomic E-state index is 12.7. The van der Waals surface area contributed by atoms with Crippen molar-refractivity contribution in [3.05, 3.63) is 42.1 Å². The highest BCUT2D eigenvalue weighted by Crippen LogP contribution is 2.30. The summed E-state index contributed by atoms with van der Waals surface area (Å²) < 4.78 is 10.5. The van der Waals surface area contributed by atoms with Crippen LogP contribution in [-0.4, -0.2) is 62.1 Å². The second-order valence-corrected chi connectivity index (χ2v) is 6.42. The maximum Gasteiger partial charge on any atom is 0.255 e. The molecule has 8 heteroatoms. The first kappa shape index (κ1) is 19.5. The third kappa shape index (κ3) is 4.33. The number of piperazine rings is 1. The van der Waals surface area contributed by atoms with Crippen LogP contribution >= 0.6 is 0 Å². The molecule has 0 bridgehead atoms. The van der Waals surface area contributed by atoms with Crippen LogP contribution in [0.4, 0.5) is 11.5 Å². The summed E-state index contributed by atoms with van der Waals surface area (Å²) in [5.41, 5.74) is 1.12. The van der Waals surface area contributed by atoms with Crippen molar-refractivity contribution in [2.24, 2.45) is 0 Å². The predicted octanol–water partition coefficient (Wildman–Crippen LogP) is 2.02. The first-order valence-electron chi connectivity index (χ1n) is 9.01. The van der Waals surface area contributed by atoms with E-state index >= 15 is 0 Å². The monoisotopic (exact) mass is 384 g/mol. The number of rotatable bonds is 5. The van der Waals surface area contributed by atoms with Crippen LogP contribution in [-0.2, 0) is 4.79 Å². The molecule has 8 nitrogen and oxygen atoms in total. The molecule has 2 aromatic rings. The zero-order valence-corrected chi connectivity index (χ0v) is 16.3. The van der Waals surface area contributed by atoms with Crippen LogP contribution in [0.1, 0.15) is 17.3 Å². The van der Waals surface area contributed by atoms with Crippen LogP contribution in [0.15, 0.2) is 36.5 Å². The molecule has 0 unspecified atom stereocenters. The topological polar surface area (TPSA) is 84.0 Å². The van der Waals surface area contributed by atoms with Gasteiger partial charge in [-0.25, -0.2) is 4.98 Å². The van der Waals surface area contributed by atoms with Gasteiger partial charge in [0.25, 0.3) is 5.91 Å². The summed E-state index contributed by atoms with van der Waals surface area (Å²) >= 11 is 0. The van der Waals surface area contributed by atoms with E-state index in [1.54, 1.807) is 57.7 Å². The van der Waals surface area contributed by atoms with E-state index in [1.807, 2.05) is 4.90 Å². The van der Waals surface area contributed by atoms with E-state index in [1.165, 1.54) is 0 Å². The molecule has 0 radical (unpaired) electrons. The molecule has 1 aliphatic rings. The van der Waals surface area contributed by atoms with Crippen molar-refractivity contribution in [3.8, 4) is 11.5 Å². The molecule has 1 aromatic carbocycles.